The molecule has 166 valence electrons. The Morgan fingerprint density at radius 1 is 0.969 bits per heavy atom. The Hall–Kier alpha value is -3.42. The second kappa shape index (κ2) is 7.93. The number of hydrogen-bond donors (Lipinski definition) is 1. The van der Waals surface area contributed by atoms with E-state index in [4.69, 9.17) is 0 Å². The fraction of sp³-hybridized carbons (Fsp3) is 0.208. The van der Waals surface area contributed by atoms with Gasteiger partial charge in [-0.2, -0.15) is 0 Å². The number of benzene rings is 3. The Bertz CT molecular complexity index is 1170. The van der Waals surface area contributed by atoms with Crippen molar-refractivity contribution in [2.75, 3.05) is 0 Å². The zero-order valence-electron chi connectivity index (χ0n) is 16.9. The molecule has 1 aliphatic heterocycles. The van der Waals surface area contributed by atoms with E-state index in [2.05, 4.69) is 10.1 Å². The summed E-state index contributed by atoms with van der Waals surface area (Å²) in [6.45, 7) is 1.95. The molecule has 1 amide bonds. The molecule has 0 radical (unpaired) electrons. The fourth-order valence-corrected chi connectivity index (χ4v) is 4.09. The first-order valence-electron chi connectivity index (χ1n) is 9.76. The highest BCUT2D eigenvalue weighted by molar-refractivity contribution is 5.90. The summed E-state index contributed by atoms with van der Waals surface area (Å²) < 4.78 is 69.2. The van der Waals surface area contributed by atoms with Crippen molar-refractivity contribution in [3.63, 3.8) is 0 Å². The lowest BCUT2D eigenvalue weighted by molar-refractivity contribution is -0.274. The number of amides is 1. The van der Waals surface area contributed by atoms with Gasteiger partial charge in [-0.3, -0.25) is 4.79 Å². The zero-order chi connectivity index (χ0) is 23.1. The molecule has 8 heteroatoms. The van der Waals surface area contributed by atoms with Crippen molar-refractivity contribution < 1.29 is 31.5 Å². The van der Waals surface area contributed by atoms with Gasteiger partial charge in [0, 0.05) is 12.6 Å². The topological polar surface area (TPSA) is 38.3 Å². The lowest BCUT2D eigenvalue weighted by atomic mass is 9.72. The van der Waals surface area contributed by atoms with Gasteiger partial charge in [-0.1, -0.05) is 24.3 Å². The monoisotopic (exact) mass is 447 g/mol. The summed E-state index contributed by atoms with van der Waals surface area (Å²) in [5.74, 6) is -2.14. The third-order valence-electron chi connectivity index (χ3n) is 5.53. The maximum absolute atomic E-state index is 13.7. The predicted octanol–water partition coefficient (Wildman–Crippen LogP) is 5.66. The van der Waals surface area contributed by atoms with Crippen LogP contribution in [0.2, 0.25) is 0 Å². The average Bonchev–Trinajstić information content (AvgIpc) is 2.69. The van der Waals surface area contributed by atoms with Crippen LogP contribution in [0.1, 0.15) is 23.6 Å². The van der Waals surface area contributed by atoms with Gasteiger partial charge in [-0.15, -0.1) is 13.2 Å². The van der Waals surface area contributed by atoms with Crippen LogP contribution in [0, 0.1) is 11.6 Å². The Morgan fingerprint density at radius 2 is 1.66 bits per heavy atom. The van der Waals surface area contributed by atoms with Crippen molar-refractivity contribution in [2.45, 2.75) is 31.7 Å². The molecular formula is C24H18F5NO2. The number of fused-ring (bicyclic) bond motifs is 1. The van der Waals surface area contributed by atoms with E-state index in [0.717, 1.165) is 11.6 Å². The van der Waals surface area contributed by atoms with Crippen LogP contribution in [0.25, 0.3) is 11.1 Å². The van der Waals surface area contributed by atoms with Gasteiger partial charge in [0.15, 0.2) is 0 Å². The van der Waals surface area contributed by atoms with Crippen molar-refractivity contribution in [3.05, 3.63) is 89.0 Å². The van der Waals surface area contributed by atoms with Crippen molar-refractivity contribution in [1.29, 1.82) is 0 Å². The van der Waals surface area contributed by atoms with E-state index in [1.807, 2.05) is 0 Å². The Labute approximate surface area is 180 Å². The summed E-state index contributed by atoms with van der Waals surface area (Å²) >= 11 is 0. The first-order valence-corrected chi connectivity index (χ1v) is 9.76. The number of hydrogen-bond acceptors (Lipinski definition) is 2. The number of ether oxygens (including phenoxy) is 1. The number of rotatable bonds is 4. The standard InChI is InChI=1S/C24H18F5NO2/c1-23(12-14-7-18(25)11-19(26)8-14)21-10-16(5-6-17(21)13-30-22(23)31)15-3-2-4-20(9-15)32-24(27,28)29/h2-11H,12-13H2,1H3,(H,30,31). The molecule has 0 bridgehead atoms. The molecule has 0 aromatic heterocycles. The Balaban J connectivity index is 1.75. The van der Waals surface area contributed by atoms with E-state index in [-0.39, 0.29) is 24.6 Å². The highest BCUT2D eigenvalue weighted by Gasteiger charge is 2.40. The molecule has 32 heavy (non-hydrogen) atoms. The van der Waals surface area contributed by atoms with Gasteiger partial charge in [-0.05, 0) is 71.5 Å². The average molecular weight is 447 g/mol. The summed E-state index contributed by atoms with van der Waals surface area (Å²) in [6.07, 6.45) is -4.77. The fourth-order valence-electron chi connectivity index (χ4n) is 4.09. The van der Waals surface area contributed by atoms with Crippen LogP contribution < -0.4 is 10.1 Å². The lowest BCUT2D eigenvalue weighted by Gasteiger charge is -2.35. The third kappa shape index (κ3) is 4.44. The summed E-state index contributed by atoms with van der Waals surface area (Å²) in [5.41, 5.74) is 1.70. The number of halogens is 5. The Kier molecular flexibility index (Phi) is 5.40. The quantitative estimate of drug-likeness (QED) is 0.524. The van der Waals surface area contributed by atoms with Gasteiger partial charge < -0.3 is 10.1 Å². The van der Waals surface area contributed by atoms with E-state index >= 15 is 0 Å². The van der Waals surface area contributed by atoms with Crippen LogP contribution >= 0.6 is 0 Å². The van der Waals surface area contributed by atoms with Crippen LogP contribution in [0.5, 0.6) is 5.75 Å². The van der Waals surface area contributed by atoms with Gasteiger partial charge in [0.05, 0.1) is 5.41 Å². The SMILES string of the molecule is CC1(Cc2cc(F)cc(F)c2)C(=O)NCc2ccc(-c3cccc(OC(F)(F)F)c3)cc21. The minimum absolute atomic E-state index is 0.0428. The van der Waals surface area contributed by atoms with E-state index in [0.29, 0.717) is 22.3 Å². The minimum Gasteiger partial charge on any atom is -0.406 e. The molecule has 1 N–H and O–H groups in total. The summed E-state index contributed by atoms with van der Waals surface area (Å²) in [7, 11) is 0. The van der Waals surface area contributed by atoms with Crippen LogP contribution in [-0.2, 0) is 23.2 Å². The van der Waals surface area contributed by atoms with Gasteiger partial charge >= 0.3 is 6.36 Å². The predicted molar refractivity (Wildman–Crippen MR) is 108 cm³/mol. The summed E-state index contributed by atoms with van der Waals surface area (Å²) in [4.78, 5) is 12.9. The van der Waals surface area contributed by atoms with E-state index < -0.39 is 23.4 Å². The van der Waals surface area contributed by atoms with Crippen LogP contribution in [0.3, 0.4) is 0 Å². The number of carbonyl (C=O) groups excluding carboxylic acids is 1. The van der Waals surface area contributed by atoms with Crippen molar-refractivity contribution in [2.24, 2.45) is 0 Å². The molecule has 0 fully saturated rings. The van der Waals surface area contributed by atoms with Gasteiger partial charge in [0.25, 0.3) is 0 Å². The van der Waals surface area contributed by atoms with Crippen molar-refractivity contribution in [1.82, 2.24) is 5.32 Å². The smallest absolute Gasteiger partial charge is 0.406 e. The molecular weight excluding hydrogens is 429 g/mol. The van der Waals surface area contributed by atoms with Gasteiger partial charge in [0.2, 0.25) is 5.91 Å². The Morgan fingerprint density at radius 3 is 2.34 bits per heavy atom. The molecule has 0 saturated carbocycles. The zero-order valence-corrected chi connectivity index (χ0v) is 16.9. The number of alkyl halides is 3. The van der Waals surface area contributed by atoms with Crippen molar-refractivity contribution in [3.8, 4) is 16.9 Å². The molecule has 4 rings (SSSR count). The molecule has 1 unspecified atom stereocenters. The third-order valence-corrected chi connectivity index (χ3v) is 5.53. The normalized spacial score (nSPS) is 18.1. The first-order chi connectivity index (χ1) is 15.0. The molecule has 1 aliphatic rings. The molecule has 0 saturated heterocycles. The maximum atomic E-state index is 13.7. The van der Waals surface area contributed by atoms with Gasteiger partial charge in [0.1, 0.15) is 17.4 Å². The minimum atomic E-state index is -4.81. The largest absolute Gasteiger partial charge is 0.573 e. The van der Waals surface area contributed by atoms with Crippen LogP contribution in [-0.4, -0.2) is 12.3 Å². The second-order valence-electron chi connectivity index (χ2n) is 7.92. The first kappa shape index (κ1) is 21.8. The molecule has 3 aromatic rings. The van der Waals surface area contributed by atoms with Crippen LogP contribution in [0.4, 0.5) is 22.0 Å². The van der Waals surface area contributed by atoms with E-state index in [9.17, 15) is 26.7 Å². The van der Waals surface area contributed by atoms with E-state index in [1.165, 1.54) is 30.3 Å². The second-order valence-corrected chi connectivity index (χ2v) is 7.92. The molecule has 3 aromatic carbocycles. The highest BCUT2D eigenvalue weighted by atomic mass is 19.4. The molecule has 0 aliphatic carbocycles. The molecule has 0 spiro atoms. The molecule has 1 atom stereocenters. The highest BCUT2D eigenvalue weighted by Crippen LogP contribution is 2.38. The summed E-state index contributed by atoms with van der Waals surface area (Å²) in [6, 6.07) is 13.9. The number of nitrogens with one attached hydrogen (secondary N) is 1. The van der Waals surface area contributed by atoms with Gasteiger partial charge in [-0.25, -0.2) is 8.78 Å². The lowest BCUT2D eigenvalue weighted by Crippen LogP contribution is -2.48. The maximum Gasteiger partial charge on any atom is 0.573 e. The van der Waals surface area contributed by atoms with Crippen LogP contribution in [0.15, 0.2) is 60.7 Å². The summed E-state index contributed by atoms with van der Waals surface area (Å²) in [5, 5.41) is 2.80. The van der Waals surface area contributed by atoms with Crippen molar-refractivity contribution >= 4 is 5.91 Å². The molecule has 1 heterocycles. The van der Waals surface area contributed by atoms with E-state index in [1.54, 1.807) is 31.2 Å². The number of carbonyl (C=O) groups is 1. The molecule has 3 nitrogen and oxygen atoms in total.